The molecule has 0 aliphatic heterocycles. The molecule has 0 amide bonds. The van der Waals surface area contributed by atoms with Gasteiger partial charge in [0.2, 0.25) is 0 Å². The van der Waals surface area contributed by atoms with E-state index >= 15 is 0 Å². The molecule has 2 nitrogen and oxygen atoms in total. The van der Waals surface area contributed by atoms with Crippen LogP contribution in [0.25, 0.3) is 0 Å². The molecule has 0 aliphatic rings. The molecule has 1 aromatic rings. The molecular weight excluding hydrogens is 240 g/mol. The Morgan fingerprint density at radius 3 is 2.56 bits per heavy atom. The van der Waals surface area contributed by atoms with Gasteiger partial charge in [0.05, 0.1) is 0 Å². The van der Waals surface area contributed by atoms with Gasteiger partial charge >= 0.3 is 5.97 Å². The molecule has 88 valence electrons. The van der Waals surface area contributed by atoms with Gasteiger partial charge in [-0.05, 0) is 18.6 Å². The minimum atomic E-state index is -0.697. The molecule has 1 unspecified atom stereocenters. The number of rotatable bonds is 7. The van der Waals surface area contributed by atoms with E-state index in [1.165, 1.54) is 16.7 Å². The molecular formula is C12H16O2S2. The standard InChI is InChI=1S/C12H16O2S2/c1-2-11(12(13)14)16-9-8-15-10-6-4-3-5-7-10/h3-7,11H,2,8-9H2,1H3,(H,13,14). The summed E-state index contributed by atoms with van der Waals surface area (Å²) in [5, 5.41) is 8.61. The van der Waals surface area contributed by atoms with Gasteiger partial charge in [-0.25, -0.2) is 0 Å². The highest BCUT2D eigenvalue weighted by Gasteiger charge is 2.14. The zero-order valence-electron chi connectivity index (χ0n) is 9.26. The zero-order chi connectivity index (χ0) is 11.8. The van der Waals surface area contributed by atoms with Crippen molar-refractivity contribution in [2.45, 2.75) is 23.5 Å². The number of aliphatic carboxylic acids is 1. The Morgan fingerprint density at radius 2 is 2.00 bits per heavy atom. The Bertz CT molecular complexity index is 314. The SMILES string of the molecule is CCC(SCCSc1ccccc1)C(=O)O. The Labute approximate surface area is 105 Å². The lowest BCUT2D eigenvalue weighted by atomic mass is 10.3. The molecule has 0 saturated heterocycles. The van der Waals surface area contributed by atoms with E-state index in [2.05, 4.69) is 12.1 Å². The summed E-state index contributed by atoms with van der Waals surface area (Å²) in [5.41, 5.74) is 0. The van der Waals surface area contributed by atoms with Gasteiger partial charge in [0.15, 0.2) is 0 Å². The predicted octanol–water partition coefficient (Wildman–Crippen LogP) is 3.38. The molecule has 0 fully saturated rings. The van der Waals surface area contributed by atoms with E-state index in [9.17, 15) is 4.79 Å². The topological polar surface area (TPSA) is 37.3 Å². The van der Waals surface area contributed by atoms with E-state index < -0.39 is 5.97 Å². The maximum Gasteiger partial charge on any atom is 0.316 e. The zero-order valence-corrected chi connectivity index (χ0v) is 10.9. The second kappa shape index (κ2) is 7.63. The first-order valence-corrected chi connectivity index (χ1v) is 7.29. The second-order valence-corrected chi connectivity index (χ2v) is 5.75. The van der Waals surface area contributed by atoms with Gasteiger partial charge in [-0.15, -0.1) is 23.5 Å². The van der Waals surface area contributed by atoms with Gasteiger partial charge in [-0.3, -0.25) is 4.79 Å². The van der Waals surface area contributed by atoms with Gasteiger partial charge in [0.1, 0.15) is 5.25 Å². The third-order valence-corrected chi connectivity index (χ3v) is 4.71. The lowest BCUT2D eigenvalue weighted by Crippen LogP contribution is -2.15. The molecule has 0 bridgehead atoms. The largest absolute Gasteiger partial charge is 0.480 e. The van der Waals surface area contributed by atoms with Crippen LogP contribution in [-0.4, -0.2) is 27.8 Å². The molecule has 1 aromatic carbocycles. The van der Waals surface area contributed by atoms with E-state index in [-0.39, 0.29) is 5.25 Å². The molecule has 0 saturated carbocycles. The number of hydrogen-bond donors (Lipinski definition) is 1. The molecule has 0 spiro atoms. The molecule has 1 N–H and O–H groups in total. The molecule has 0 aromatic heterocycles. The smallest absolute Gasteiger partial charge is 0.316 e. The fourth-order valence-corrected chi connectivity index (χ4v) is 3.20. The van der Waals surface area contributed by atoms with Crippen LogP contribution >= 0.6 is 23.5 Å². The summed E-state index contributed by atoms with van der Waals surface area (Å²) in [6.07, 6.45) is 0.690. The van der Waals surface area contributed by atoms with E-state index in [1.807, 2.05) is 25.1 Å². The number of carboxylic acid groups (broad SMARTS) is 1. The maximum absolute atomic E-state index is 10.8. The fraction of sp³-hybridized carbons (Fsp3) is 0.417. The van der Waals surface area contributed by atoms with E-state index in [0.29, 0.717) is 6.42 Å². The third kappa shape index (κ3) is 4.94. The molecule has 1 atom stereocenters. The fourth-order valence-electron chi connectivity index (χ4n) is 1.23. The highest BCUT2D eigenvalue weighted by molar-refractivity contribution is 8.03. The van der Waals surface area contributed by atoms with Crippen LogP contribution in [0.1, 0.15) is 13.3 Å². The molecule has 1 rings (SSSR count). The van der Waals surface area contributed by atoms with Gasteiger partial charge in [-0.2, -0.15) is 0 Å². The summed E-state index contributed by atoms with van der Waals surface area (Å²) in [6.45, 7) is 1.91. The summed E-state index contributed by atoms with van der Waals surface area (Å²) in [4.78, 5) is 12.0. The minimum absolute atomic E-state index is 0.253. The number of hydrogen-bond acceptors (Lipinski definition) is 3. The van der Waals surface area contributed by atoms with Crippen molar-refractivity contribution in [3.63, 3.8) is 0 Å². The molecule has 0 radical (unpaired) electrons. The van der Waals surface area contributed by atoms with Crippen molar-refractivity contribution in [2.24, 2.45) is 0 Å². The normalized spacial score (nSPS) is 12.3. The van der Waals surface area contributed by atoms with Crippen molar-refractivity contribution in [3.8, 4) is 0 Å². The lowest BCUT2D eigenvalue weighted by Gasteiger charge is -2.08. The van der Waals surface area contributed by atoms with Crippen molar-refractivity contribution in [3.05, 3.63) is 30.3 Å². The lowest BCUT2D eigenvalue weighted by molar-refractivity contribution is -0.136. The van der Waals surface area contributed by atoms with Crippen LogP contribution in [-0.2, 0) is 4.79 Å². The van der Waals surface area contributed by atoms with Crippen molar-refractivity contribution in [2.75, 3.05) is 11.5 Å². The average Bonchev–Trinajstić information content (AvgIpc) is 2.30. The second-order valence-electron chi connectivity index (χ2n) is 3.27. The molecule has 0 aliphatic carbocycles. The highest BCUT2D eigenvalue weighted by Crippen LogP contribution is 2.21. The molecule has 4 heteroatoms. The summed E-state index contributed by atoms with van der Waals surface area (Å²) < 4.78 is 0. The Morgan fingerprint density at radius 1 is 1.31 bits per heavy atom. The van der Waals surface area contributed by atoms with E-state index in [4.69, 9.17) is 5.11 Å². The first-order chi connectivity index (χ1) is 7.74. The summed E-state index contributed by atoms with van der Waals surface area (Å²) in [7, 11) is 0. The van der Waals surface area contributed by atoms with Crippen LogP contribution < -0.4 is 0 Å². The van der Waals surface area contributed by atoms with Crippen LogP contribution in [0, 0.1) is 0 Å². The Kier molecular flexibility index (Phi) is 6.42. The van der Waals surface area contributed by atoms with E-state index in [1.54, 1.807) is 11.8 Å². The van der Waals surface area contributed by atoms with E-state index in [0.717, 1.165) is 11.5 Å². The van der Waals surface area contributed by atoms with Crippen molar-refractivity contribution in [1.82, 2.24) is 0 Å². The number of thioether (sulfide) groups is 2. The Balaban J connectivity index is 2.19. The third-order valence-electron chi connectivity index (χ3n) is 2.06. The number of carboxylic acids is 1. The monoisotopic (exact) mass is 256 g/mol. The predicted molar refractivity (Wildman–Crippen MR) is 71.3 cm³/mol. The van der Waals surface area contributed by atoms with Gasteiger partial charge in [0.25, 0.3) is 0 Å². The van der Waals surface area contributed by atoms with Crippen LogP contribution in [0.3, 0.4) is 0 Å². The van der Waals surface area contributed by atoms with Crippen molar-refractivity contribution < 1.29 is 9.90 Å². The Hall–Kier alpha value is -0.610. The van der Waals surface area contributed by atoms with Crippen molar-refractivity contribution >= 4 is 29.5 Å². The molecule has 0 heterocycles. The first kappa shape index (κ1) is 13.5. The minimum Gasteiger partial charge on any atom is -0.480 e. The van der Waals surface area contributed by atoms with Crippen LogP contribution in [0.5, 0.6) is 0 Å². The van der Waals surface area contributed by atoms with Crippen LogP contribution in [0.4, 0.5) is 0 Å². The van der Waals surface area contributed by atoms with Crippen molar-refractivity contribution in [1.29, 1.82) is 0 Å². The van der Waals surface area contributed by atoms with Crippen LogP contribution in [0.15, 0.2) is 35.2 Å². The first-order valence-electron chi connectivity index (χ1n) is 5.26. The average molecular weight is 256 g/mol. The summed E-state index contributed by atoms with van der Waals surface area (Å²) >= 11 is 3.30. The quantitative estimate of drug-likeness (QED) is 0.599. The summed E-state index contributed by atoms with van der Waals surface area (Å²) in [6, 6.07) is 10.2. The molecule has 16 heavy (non-hydrogen) atoms. The van der Waals surface area contributed by atoms with Gasteiger partial charge in [0, 0.05) is 16.4 Å². The number of carbonyl (C=O) groups is 1. The maximum atomic E-state index is 10.8. The summed E-state index contributed by atoms with van der Waals surface area (Å²) in [5.74, 6) is 1.14. The van der Waals surface area contributed by atoms with Crippen LogP contribution in [0.2, 0.25) is 0 Å². The van der Waals surface area contributed by atoms with Gasteiger partial charge < -0.3 is 5.11 Å². The van der Waals surface area contributed by atoms with Gasteiger partial charge in [-0.1, -0.05) is 25.1 Å². The highest BCUT2D eigenvalue weighted by atomic mass is 32.2. The number of benzene rings is 1.